The van der Waals surface area contributed by atoms with Gasteiger partial charge in [-0.05, 0) is 49.6 Å². The molecule has 0 unspecified atom stereocenters. The zero-order chi connectivity index (χ0) is 19.5. The Kier molecular flexibility index (Phi) is 5.50. The van der Waals surface area contributed by atoms with Crippen molar-refractivity contribution in [1.29, 1.82) is 0 Å². The Morgan fingerprint density at radius 3 is 3.00 bits per heavy atom. The number of H-pyrrole nitrogens is 1. The van der Waals surface area contributed by atoms with Gasteiger partial charge in [0.2, 0.25) is 0 Å². The van der Waals surface area contributed by atoms with Crippen LogP contribution in [0.1, 0.15) is 35.8 Å². The van der Waals surface area contributed by atoms with E-state index in [-0.39, 0.29) is 11.7 Å². The van der Waals surface area contributed by atoms with Crippen LogP contribution in [0.25, 0.3) is 11.3 Å². The number of amides is 1. The average Bonchev–Trinajstić information content (AvgIpc) is 3.32. The van der Waals surface area contributed by atoms with Gasteiger partial charge in [0, 0.05) is 24.0 Å². The van der Waals surface area contributed by atoms with Crippen molar-refractivity contribution in [2.75, 3.05) is 18.4 Å². The van der Waals surface area contributed by atoms with Gasteiger partial charge in [-0.2, -0.15) is 5.10 Å². The molecule has 1 aliphatic heterocycles. The fourth-order valence-corrected chi connectivity index (χ4v) is 4.25. The summed E-state index contributed by atoms with van der Waals surface area (Å²) < 4.78 is 13.2. The van der Waals surface area contributed by atoms with E-state index in [1.54, 1.807) is 12.1 Å². The van der Waals surface area contributed by atoms with Crippen molar-refractivity contribution < 1.29 is 9.18 Å². The van der Waals surface area contributed by atoms with Crippen LogP contribution >= 0.6 is 11.3 Å². The van der Waals surface area contributed by atoms with Gasteiger partial charge in [0.25, 0.3) is 5.91 Å². The highest BCUT2D eigenvalue weighted by Gasteiger charge is 2.19. The van der Waals surface area contributed by atoms with E-state index in [1.807, 2.05) is 5.38 Å². The smallest absolute Gasteiger partial charge is 0.261 e. The summed E-state index contributed by atoms with van der Waals surface area (Å²) in [7, 11) is 0. The molecule has 3 aromatic rings. The van der Waals surface area contributed by atoms with Gasteiger partial charge in [0.1, 0.15) is 5.82 Å². The lowest BCUT2D eigenvalue weighted by Gasteiger charge is -2.30. The minimum absolute atomic E-state index is 0.291. The average molecular weight is 399 g/mol. The van der Waals surface area contributed by atoms with Gasteiger partial charge in [0.05, 0.1) is 23.1 Å². The molecule has 1 fully saturated rings. The molecule has 6 nitrogen and oxygen atoms in total. The number of benzene rings is 1. The molecule has 0 aliphatic carbocycles. The van der Waals surface area contributed by atoms with Crippen molar-refractivity contribution in [2.45, 2.75) is 26.3 Å². The summed E-state index contributed by atoms with van der Waals surface area (Å²) in [6.45, 7) is 5.28. The maximum atomic E-state index is 13.2. The number of halogens is 1. The van der Waals surface area contributed by atoms with Gasteiger partial charge in [-0.25, -0.2) is 9.37 Å². The van der Waals surface area contributed by atoms with Crippen LogP contribution in [0.4, 0.5) is 9.52 Å². The zero-order valence-electron chi connectivity index (χ0n) is 15.6. The highest BCUT2D eigenvalue weighted by Crippen LogP contribution is 2.24. The molecular formula is C20H22FN5OS. The first-order valence-corrected chi connectivity index (χ1v) is 10.2. The number of rotatable bonds is 5. The fraction of sp³-hybridized carbons (Fsp3) is 0.350. The van der Waals surface area contributed by atoms with E-state index < -0.39 is 0 Å². The monoisotopic (exact) mass is 399 g/mol. The summed E-state index contributed by atoms with van der Waals surface area (Å²) in [5.74, 6) is 0.103. The summed E-state index contributed by atoms with van der Waals surface area (Å²) in [6, 6.07) is 5.93. The van der Waals surface area contributed by atoms with Gasteiger partial charge in [0.15, 0.2) is 5.13 Å². The number of hydrogen-bond acceptors (Lipinski definition) is 5. The molecule has 0 spiro atoms. The molecule has 146 valence electrons. The quantitative estimate of drug-likeness (QED) is 0.676. The first-order chi connectivity index (χ1) is 13.6. The number of hydrogen-bond donors (Lipinski definition) is 2. The van der Waals surface area contributed by atoms with Crippen molar-refractivity contribution in [3.8, 4) is 11.3 Å². The van der Waals surface area contributed by atoms with E-state index in [2.05, 4.69) is 32.3 Å². The molecule has 0 bridgehead atoms. The number of carbonyl (C=O) groups is 1. The third-order valence-corrected chi connectivity index (χ3v) is 5.72. The van der Waals surface area contributed by atoms with Crippen LogP contribution in [0.5, 0.6) is 0 Å². The Morgan fingerprint density at radius 1 is 1.39 bits per heavy atom. The molecule has 8 heteroatoms. The SMILES string of the molecule is C[C@H]1CCCN(Cc2csc(NC(=O)c3cn[nH]c3-c3ccc(F)cc3)n2)C1. The molecule has 28 heavy (non-hydrogen) atoms. The van der Waals surface area contributed by atoms with E-state index in [4.69, 9.17) is 0 Å². The number of carbonyl (C=O) groups excluding carboxylic acids is 1. The summed E-state index contributed by atoms with van der Waals surface area (Å²) in [6.07, 6.45) is 3.98. The second-order valence-electron chi connectivity index (χ2n) is 7.25. The van der Waals surface area contributed by atoms with Gasteiger partial charge in [-0.3, -0.25) is 20.1 Å². The van der Waals surface area contributed by atoms with E-state index in [0.29, 0.717) is 22.0 Å². The number of nitrogens with one attached hydrogen (secondary N) is 2. The van der Waals surface area contributed by atoms with Crippen molar-refractivity contribution >= 4 is 22.4 Å². The largest absolute Gasteiger partial charge is 0.298 e. The molecule has 3 heterocycles. The van der Waals surface area contributed by atoms with Crippen molar-refractivity contribution in [3.05, 3.63) is 52.9 Å². The summed E-state index contributed by atoms with van der Waals surface area (Å²) >= 11 is 1.42. The number of likely N-dealkylation sites (tertiary alicyclic amines) is 1. The number of aromatic nitrogens is 3. The first kappa shape index (κ1) is 18.8. The van der Waals surface area contributed by atoms with E-state index in [0.717, 1.165) is 31.2 Å². The van der Waals surface area contributed by atoms with Crippen LogP contribution in [0.2, 0.25) is 0 Å². The number of thiazole rings is 1. The van der Waals surface area contributed by atoms with Gasteiger partial charge in [-0.1, -0.05) is 6.92 Å². The summed E-state index contributed by atoms with van der Waals surface area (Å²) in [4.78, 5) is 19.7. The molecule has 1 saturated heterocycles. The van der Waals surface area contributed by atoms with Crippen LogP contribution in [-0.4, -0.2) is 39.1 Å². The van der Waals surface area contributed by atoms with Crippen LogP contribution in [0.3, 0.4) is 0 Å². The van der Waals surface area contributed by atoms with Gasteiger partial charge >= 0.3 is 0 Å². The lowest BCUT2D eigenvalue weighted by Crippen LogP contribution is -2.33. The Morgan fingerprint density at radius 2 is 2.21 bits per heavy atom. The first-order valence-electron chi connectivity index (χ1n) is 9.36. The molecule has 2 aromatic heterocycles. The standard InChI is InChI=1S/C20H22FN5OS/c1-13-3-2-8-26(10-13)11-16-12-28-20(23-16)24-19(27)17-9-22-25-18(17)14-4-6-15(21)7-5-14/h4-7,9,12-13H,2-3,8,10-11H2,1H3,(H,22,25)(H,23,24,27)/t13-/m0/s1. The molecule has 2 N–H and O–H groups in total. The highest BCUT2D eigenvalue weighted by atomic mass is 32.1. The lowest BCUT2D eigenvalue weighted by molar-refractivity contribution is 0.102. The summed E-state index contributed by atoms with van der Waals surface area (Å²) in [5.41, 5.74) is 2.62. The summed E-state index contributed by atoms with van der Waals surface area (Å²) in [5, 5.41) is 12.2. The third kappa shape index (κ3) is 4.28. The van der Waals surface area contributed by atoms with Crippen LogP contribution in [0, 0.1) is 11.7 Å². The van der Waals surface area contributed by atoms with Crippen LogP contribution < -0.4 is 5.32 Å². The Bertz CT molecular complexity index is 952. The zero-order valence-corrected chi connectivity index (χ0v) is 16.4. The van der Waals surface area contributed by atoms with Gasteiger partial charge < -0.3 is 0 Å². The number of nitrogens with zero attached hydrogens (tertiary/aromatic N) is 3. The number of piperidine rings is 1. The minimum Gasteiger partial charge on any atom is -0.298 e. The molecule has 0 radical (unpaired) electrons. The fourth-order valence-electron chi connectivity index (χ4n) is 3.56. The molecule has 1 amide bonds. The van der Waals surface area contributed by atoms with Crippen LogP contribution in [-0.2, 0) is 6.54 Å². The second kappa shape index (κ2) is 8.20. The number of anilines is 1. The highest BCUT2D eigenvalue weighted by molar-refractivity contribution is 7.14. The Hall–Kier alpha value is -2.58. The third-order valence-electron chi connectivity index (χ3n) is 4.92. The lowest BCUT2D eigenvalue weighted by atomic mass is 10.0. The molecule has 4 rings (SSSR count). The van der Waals surface area contributed by atoms with E-state index in [9.17, 15) is 9.18 Å². The van der Waals surface area contributed by atoms with Crippen LogP contribution in [0.15, 0.2) is 35.8 Å². The Balaban J connectivity index is 1.43. The number of aromatic amines is 1. The maximum Gasteiger partial charge on any atom is 0.261 e. The normalized spacial score (nSPS) is 17.6. The van der Waals surface area contributed by atoms with Crippen molar-refractivity contribution in [3.63, 3.8) is 0 Å². The van der Waals surface area contributed by atoms with E-state index in [1.165, 1.54) is 42.5 Å². The molecule has 1 aliphatic rings. The van der Waals surface area contributed by atoms with Crippen molar-refractivity contribution in [2.24, 2.45) is 5.92 Å². The molecule has 0 saturated carbocycles. The maximum absolute atomic E-state index is 13.2. The topological polar surface area (TPSA) is 73.9 Å². The predicted octanol–water partition coefficient (Wildman–Crippen LogP) is 4.16. The van der Waals surface area contributed by atoms with E-state index >= 15 is 0 Å². The molecule has 1 aromatic carbocycles. The van der Waals surface area contributed by atoms with Crippen molar-refractivity contribution in [1.82, 2.24) is 20.1 Å². The predicted molar refractivity (Wildman–Crippen MR) is 108 cm³/mol. The minimum atomic E-state index is -0.326. The van der Waals surface area contributed by atoms with Gasteiger partial charge in [-0.15, -0.1) is 11.3 Å². The second-order valence-corrected chi connectivity index (χ2v) is 8.10. The Labute approximate surface area is 166 Å². The molecule has 1 atom stereocenters. The molecular weight excluding hydrogens is 377 g/mol.